The number of nitrogens with one attached hydrogen (secondary N) is 1. The SMILES string of the molecule is CC(C)(C)C1CCc2c(sc(NC(=O)c3sc4nc5c(cc4c3N)CCCCCC5)c2C#N)C1. The van der Waals surface area contributed by atoms with Gasteiger partial charge in [0.1, 0.15) is 20.8 Å². The van der Waals surface area contributed by atoms with E-state index in [1.54, 1.807) is 11.3 Å². The maximum absolute atomic E-state index is 13.3. The molecule has 0 bridgehead atoms. The highest BCUT2D eigenvalue weighted by Gasteiger charge is 2.32. The zero-order valence-electron chi connectivity index (χ0n) is 20.2. The Hall–Kier alpha value is -2.43. The zero-order valence-corrected chi connectivity index (χ0v) is 21.8. The number of amides is 1. The molecule has 2 aliphatic rings. The molecule has 2 aliphatic carbocycles. The molecule has 5 nitrogen and oxygen atoms in total. The van der Waals surface area contributed by atoms with Crippen molar-refractivity contribution in [2.24, 2.45) is 11.3 Å². The molecule has 3 aromatic rings. The van der Waals surface area contributed by atoms with Crippen LogP contribution in [0.5, 0.6) is 0 Å². The molecule has 1 unspecified atom stereocenters. The molecule has 0 saturated carbocycles. The lowest BCUT2D eigenvalue weighted by molar-refractivity contribution is 0.103. The van der Waals surface area contributed by atoms with Crippen molar-refractivity contribution >= 4 is 49.5 Å². The number of pyridine rings is 1. The summed E-state index contributed by atoms with van der Waals surface area (Å²) in [6, 6.07) is 4.52. The number of nitrogens with zero attached hydrogens (tertiary/aromatic N) is 2. The molecule has 5 rings (SSSR count). The van der Waals surface area contributed by atoms with Gasteiger partial charge in [-0.3, -0.25) is 4.79 Å². The van der Waals surface area contributed by atoms with Crippen LogP contribution in [0.4, 0.5) is 10.7 Å². The Bertz CT molecular complexity index is 1310. The quantitative estimate of drug-likeness (QED) is 0.408. The van der Waals surface area contributed by atoms with Crippen LogP contribution in [-0.2, 0) is 25.7 Å². The Balaban J connectivity index is 1.45. The maximum Gasteiger partial charge on any atom is 0.268 e. The van der Waals surface area contributed by atoms with Gasteiger partial charge in [-0.2, -0.15) is 5.26 Å². The number of rotatable bonds is 2. The lowest BCUT2D eigenvalue weighted by atomic mass is 9.72. The summed E-state index contributed by atoms with van der Waals surface area (Å²) in [7, 11) is 0. The fraction of sp³-hybridized carbons (Fsp3) is 0.519. The van der Waals surface area contributed by atoms with Crippen molar-refractivity contribution in [2.75, 3.05) is 11.1 Å². The van der Waals surface area contributed by atoms with Crippen molar-refractivity contribution in [1.82, 2.24) is 4.98 Å². The van der Waals surface area contributed by atoms with Gasteiger partial charge in [0.05, 0.1) is 11.3 Å². The number of nitriles is 1. The van der Waals surface area contributed by atoms with Crippen molar-refractivity contribution < 1.29 is 4.79 Å². The minimum atomic E-state index is -0.240. The van der Waals surface area contributed by atoms with E-state index in [-0.39, 0.29) is 11.3 Å². The molecule has 0 fully saturated rings. The molecule has 178 valence electrons. The Morgan fingerprint density at radius 2 is 1.94 bits per heavy atom. The molecule has 1 amide bonds. The average Bonchev–Trinajstić information content (AvgIpc) is 3.29. The number of carbonyl (C=O) groups is 1. The number of fused-ring (bicyclic) bond motifs is 3. The van der Waals surface area contributed by atoms with Gasteiger partial charge in [0.25, 0.3) is 5.91 Å². The smallest absolute Gasteiger partial charge is 0.268 e. The fourth-order valence-corrected chi connectivity index (χ4v) is 7.64. The second kappa shape index (κ2) is 8.98. The number of nitrogen functional groups attached to an aromatic ring is 1. The fourth-order valence-electron chi connectivity index (χ4n) is 5.37. The predicted octanol–water partition coefficient (Wildman–Crippen LogP) is 6.87. The van der Waals surface area contributed by atoms with Crippen LogP contribution in [0.3, 0.4) is 0 Å². The van der Waals surface area contributed by atoms with Gasteiger partial charge in [-0.25, -0.2) is 4.98 Å². The van der Waals surface area contributed by atoms with Crippen molar-refractivity contribution in [3.8, 4) is 6.07 Å². The molecular weight excluding hydrogens is 460 g/mol. The lowest BCUT2D eigenvalue weighted by Gasteiger charge is -2.33. The number of carbonyl (C=O) groups excluding carboxylic acids is 1. The van der Waals surface area contributed by atoms with Gasteiger partial charge in [-0.1, -0.05) is 33.6 Å². The van der Waals surface area contributed by atoms with Crippen LogP contribution in [-0.4, -0.2) is 10.9 Å². The van der Waals surface area contributed by atoms with Gasteiger partial charge < -0.3 is 11.1 Å². The van der Waals surface area contributed by atoms with Crippen LogP contribution in [0, 0.1) is 22.7 Å². The molecule has 0 aromatic carbocycles. The third-order valence-electron chi connectivity index (χ3n) is 7.53. The third kappa shape index (κ3) is 4.23. The van der Waals surface area contributed by atoms with Gasteiger partial charge in [0, 0.05) is 16.0 Å². The number of thiophene rings is 2. The van der Waals surface area contributed by atoms with E-state index in [9.17, 15) is 10.1 Å². The minimum absolute atomic E-state index is 0.230. The van der Waals surface area contributed by atoms with Crippen molar-refractivity contribution in [2.45, 2.75) is 78.6 Å². The molecule has 3 aromatic heterocycles. The number of aryl methyl sites for hydroxylation is 2. The largest absolute Gasteiger partial charge is 0.397 e. The summed E-state index contributed by atoms with van der Waals surface area (Å²) in [5.41, 5.74) is 11.4. The standard InChI is InChI=1S/C27H32N4OS2/c1-27(2,3)16-10-11-17-19(14-28)26(33-21(17)13-16)31-24(32)23-22(29)18-12-15-8-6-4-5-7-9-20(15)30-25(18)34-23/h12,16H,4-11,13,29H2,1-3H3,(H,31,32). The van der Waals surface area contributed by atoms with Gasteiger partial charge in [-0.05, 0) is 73.5 Å². The number of nitrogens with two attached hydrogens (primary N) is 1. The Morgan fingerprint density at radius 1 is 1.18 bits per heavy atom. The molecule has 0 aliphatic heterocycles. The average molecular weight is 493 g/mol. The summed E-state index contributed by atoms with van der Waals surface area (Å²) in [5, 5.41) is 14.5. The third-order valence-corrected chi connectivity index (χ3v) is 9.82. The molecule has 0 spiro atoms. The molecule has 1 atom stereocenters. The van der Waals surface area contributed by atoms with E-state index in [0.717, 1.165) is 60.0 Å². The Labute approximate surface area is 209 Å². The molecule has 0 saturated heterocycles. The van der Waals surface area contributed by atoms with E-state index in [0.29, 0.717) is 27.0 Å². The van der Waals surface area contributed by atoms with Crippen LogP contribution in [0.1, 0.15) is 89.8 Å². The summed E-state index contributed by atoms with van der Waals surface area (Å²) in [4.78, 5) is 20.8. The van der Waals surface area contributed by atoms with E-state index in [4.69, 9.17) is 10.7 Å². The van der Waals surface area contributed by atoms with E-state index in [1.165, 1.54) is 41.0 Å². The highest BCUT2D eigenvalue weighted by molar-refractivity contribution is 7.21. The first-order chi connectivity index (χ1) is 16.3. The van der Waals surface area contributed by atoms with Crippen LogP contribution in [0.2, 0.25) is 0 Å². The van der Waals surface area contributed by atoms with Crippen LogP contribution in [0.15, 0.2) is 6.07 Å². The van der Waals surface area contributed by atoms with E-state index in [2.05, 4.69) is 38.2 Å². The first-order valence-electron chi connectivity index (χ1n) is 12.3. The van der Waals surface area contributed by atoms with Crippen LogP contribution in [0.25, 0.3) is 10.2 Å². The minimum Gasteiger partial charge on any atom is -0.397 e. The number of aromatic nitrogens is 1. The Morgan fingerprint density at radius 3 is 2.68 bits per heavy atom. The lowest BCUT2D eigenvalue weighted by Crippen LogP contribution is -2.26. The molecular formula is C27H32N4OS2. The highest BCUT2D eigenvalue weighted by Crippen LogP contribution is 2.44. The monoisotopic (exact) mass is 492 g/mol. The first-order valence-corrected chi connectivity index (χ1v) is 14.0. The van der Waals surface area contributed by atoms with Crippen molar-refractivity contribution in [3.05, 3.63) is 38.2 Å². The zero-order chi connectivity index (χ0) is 24.0. The second-order valence-corrected chi connectivity index (χ2v) is 12.9. The molecule has 3 heterocycles. The van der Waals surface area contributed by atoms with Gasteiger partial charge in [-0.15, -0.1) is 22.7 Å². The number of hydrogen-bond acceptors (Lipinski definition) is 6. The van der Waals surface area contributed by atoms with Gasteiger partial charge in [0.2, 0.25) is 0 Å². The van der Waals surface area contributed by atoms with Crippen molar-refractivity contribution in [3.63, 3.8) is 0 Å². The first kappa shape index (κ1) is 23.3. The van der Waals surface area contributed by atoms with E-state index >= 15 is 0 Å². The maximum atomic E-state index is 13.3. The van der Waals surface area contributed by atoms with E-state index < -0.39 is 0 Å². The van der Waals surface area contributed by atoms with Gasteiger partial charge in [0.15, 0.2) is 0 Å². The Kier molecular flexibility index (Phi) is 6.16. The second-order valence-electron chi connectivity index (χ2n) is 10.8. The summed E-state index contributed by atoms with van der Waals surface area (Å²) in [6.07, 6.45) is 9.80. The predicted molar refractivity (Wildman–Crippen MR) is 142 cm³/mol. The number of hydrogen-bond donors (Lipinski definition) is 2. The number of anilines is 2. The molecule has 34 heavy (non-hydrogen) atoms. The molecule has 0 radical (unpaired) electrons. The summed E-state index contributed by atoms with van der Waals surface area (Å²) in [5.74, 6) is 0.341. The summed E-state index contributed by atoms with van der Waals surface area (Å²) in [6.45, 7) is 6.84. The van der Waals surface area contributed by atoms with Gasteiger partial charge >= 0.3 is 0 Å². The topological polar surface area (TPSA) is 91.8 Å². The van der Waals surface area contributed by atoms with Crippen LogP contribution >= 0.6 is 22.7 Å². The summed E-state index contributed by atoms with van der Waals surface area (Å²) < 4.78 is 0. The molecule has 3 N–H and O–H groups in total. The van der Waals surface area contributed by atoms with Crippen molar-refractivity contribution in [1.29, 1.82) is 5.26 Å². The molecule has 7 heteroatoms. The highest BCUT2D eigenvalue weighted by atomic mass is 32.1. The normalized spacial score (nSPS) is 18.5. The van der Waals surface area contributed by atoms with E-state index in [1.807, 2.05) is 0 Å². The summed E-state index contributed by atoms with van der Waals surface area (Å²) >= 11 is 2.92. The van der Waals surface area contributed by atoms with Crippen LogP contribution < -0.4 is 11.1 Å².